The number of ketones is 1. The van der Waals surface area contributed by atoms with Gasteiger partial charge in [-0.3, -0.25) is 19.0 Å². The molecule has 0 unspecified atom stereocenters. The smallest absolute Gasteiger partial charge is 0.263 e. The zero-order valence-electron chi connectivity index (χ0n) is 18.7. The summed E-state index contributed by atoms with van der Waals surface area (Å²) < 4.78 is 1.68. The molecular formula is C23H26N6O3. The number of rotatable bonds is 5. The van der Waals surface area contributed by atoms with Crippen molar-refractivity contribution < 1.29 is 9.59 Å². The van der Waals surface area contributed by atoms with Gasteiger partial charge in [-0.1, -0.05) is 12.8 Å². The van der Waals surface area contributed by atoms with E-state index < -0.39 is 0 Å². The molecule has 0 spiro atoms. The SMILES string of the molecule is CC(=O)c1c(C)c2cnc(Nc3ccc(N(C)C(C)=O)cn3)nc2n(C2CCCC2)c1=O. The number of hydrogen-bond acceptors (Lipinski definition) is 7. The van der Waals surface area contributed by atoms with Crippen LogP contribution in [0.2, 0.25) is 0 Å². The molecule has 32 heavy (non-hydrogen) atoms. The quantitative estimate of drug-likeness (QED) is 0.612. The summed E-state index contributed by atoms with van der Waals surface area (Å²) in [5.74, 6) is 0.481. The maximum atomic E-state index is 13.3. The number of aromatic nitrogens is 4. The van der Waals surface area contributed by atoms with E-state index in [2.05, 4.69) is 20.3 Å². The normalized spacial score (nSPS) is 14.0. The number of fused-ring (bicyclic) bond motifs is 1. The summed E-state index contributed by atoms with van der Waals surface area (Å²) >= 11 is 0. The zero-order chi connectivity index (χ0) is 23.0. The second kappa shape index (κ2) is 8.49. The van der Waals surface area contributed by atoms with Gasteiger partial charge in [-0.15, -0.1) is 0 Å². The number of nitrogens with zero attached hydrogens (tertiary/aromatic N) is 5. The van der Waals surface area contributed by atoms with E-state index in [1.54, 1.807) is 43.1 Å². The van der Waals surface area contributed by atoms with Crippen LogP contribution in [0.1, 0.15) is 61.5 Å². The fraction of sp³-hybridized carbons (Fsp3) is 0.391. The van der Waals surface area contributed by atoms with E-state index in [9.17, 15) is 14.4 Å². The lowest BCUT2D eigenvalue weighted by Gasteiger charge is -2.19. The molecule has 0 bridgehead atoms. The Morgan fingerprint density at radius 1 is 1.12 bits per heavy atom. The van der Waals surface area contributed by atoms with Crippen LogP contribution < -0.4 is 15.8 Å². The lowest BCUT2D eigenvalue weighted by molar-refractivity contribution is -0.116. The second-order valence-electron chi connectivity index (χ2n) is 8.21. The lowest BCUT2D eigenvalue weighted by atomic mass is 10.0. The van der Waals surface area contributed by atoms with E-state index in [4.69, 9.17) is 0 Å². The number of carbonyl (C=O) groups excluding carboxylic acids is 2. The largest absolute Gasteiger partial charge is 0.314 e. The summed E-state index contributed by atoms with van der Waals surface area (Å²) in [4.78, 5) is 51.9. The molecule has 1 saturated carbocycles. The third kappa shape index (κ3) is 3.86. The van der Waals surface area contributed by atoms with E-state index in [1.165, 1.54) is 18.7 Å². The molecule has 1 N–H and O–H groups in total. The predicted octanol–water partition coefficient (Wildman–Crippen LogP) is 3.54. The Morgan fingerprint density at radius 3 is 2.44 bits per heavy atom. The highest BCUT2D eigenvalue weighted by molar-refractivity contribution is 5.99. The van der Waals surface area contributed by atoms with Crippen molar-refractivity contribution in [1.29, 1.82) is 0 Å². The summed E-state index contributed by atoms with van der Waals surface area (Å²) in [6.45, 7) is 4.67. The maximum absolute atomic E-state index is 13.3. The molecule has 3 aromatic heterocycles. The molecule has 3 heterocycles. The van der Waals surface area contributed by atoms with Crippen molar-refractivity contribution in [2.75, 3.05) is 17.3 Å². The summed E-state index contributed by atoms with van der Waals surface area (Å²) in [6, 6.07) is 3.53. The average Bonchev–Trinajstić information content (AvgIpc) is 3.28. The fourth-order valence-corrected chi connectivity index (χ4v) is 4.26. The number of hydrogen-bond donors (Lipinski definition) is 1. The third-order valence-electron chi connectivity index (χ3n) is 6.10. The summed E-state index contributed by atoms with van der Waals surface area (Å²) in [6.07, 6.45) is 7.09. The summed E-state index contributed by atoms with van der Waals surface area (Å²) in [5.41, 5.74) is 1.72. The van der Waals surface area contributed by atoms with Gasteiger partial charge in [0.1, 0.15) is 11.5 Å². The van der Waals surface area contributed by atoms with Crippen LogP contribution in [0.15, 0.2) is 29.3 Å². The van der Waals surface area contributed by atoms with Gasteiger partial charge in [0.15, 0.2) is 5.78 Å². The van der Waals surface area contributed by atoms with Gasteiger partial charge < -0.3 is 10.2 Å². The Kier molecular flexibility index (Phi) is 5.73. The van der Waals surface area contributed by atoms with Gasteiger partial charge in [0.25, 0.3) is 5.56 Å². The van der Waals surface area contributed by atoms with Gasteiger partial charge in [0.05, 0.1) is 17.4 Å². The van der Waals surface area contributed by atoms with E-state index in [-0.39, 0.29) is 28.9 Å². The number of nitrogens with one attached hydrogen (secondary N) is 1. The number of pyridine rings is 2. The number of anilines is 3. The number of amides is 1. The average molecular weight is 435 g/mol. The van der Waals surface area contributed by atoms with Crippen molar-refractivity contribution in [2.24, 2.45) is 0 Å². The predicted molar refractivity (Wildman–Crippen MR) is 123 cm³/mol. The van der Waals surface area contributed by atoms with Gasteiger partial charge in [-0.05, 0) is 44.4 Å². The van der Waals surface area contributed by atoms with Gasteiger partial charge in [-0.2, -0.15) is 4.98 Å². The van der Waals surface area contributed by atoms with E-state index >= 15 is 0 Å². The van der Waals surface area contributed by atoms with Crippen LogP contribution in [0.4, 0.5) is 17.5 Å². The molecular weight excluding hydrogens is 408 g/mol. The van der Waals surface area contributed by atoms with Crippen LogP contribution in [-0.4, -0.2) is 38.3 Å². The fourth-order valence-electron chi connectivity index (χ4n) is 4.26. The first-order valence-electron chi connectivity index (χ1n) is 10.7. The number of aryl methyl sites for hydroxylation is 1. The van der Waals surface area contributed by atoms with Crippen molar-refractivity contribution in [1.82, 2.24) is 19.5 Å². The molecule has 3 aromatic rings. The van der Waals surface area contributed by atoms with Crippen molar-refractivity contribution in [3.05, 3.63) is 46.0 Å². The van der Waals surface area contributed by atoms with Crippen molar-refractivity contribution >= 4 is 40.2 Å². The highest BCUT2D eigenvalue weighted by atomic mass is 16.2. The Labute approximate surface area is 185 Å². The zero-order valence-corrected chi connectivity index (χ0v) is 18.7. The third-order valence-corrected chi connectivity index (χ3v) is 6.10. The van der Waals surface area contributed by atoms with Crippen molar-refractivity contribution in [3.8, 4) is 0 Å². The number of Topliss-reactive ketones (excluding diaryl/α,β-unsaturated/α-hetero) is 1. The van der Waals surface area contributed by atoms with Crippen LogP contribution in [0.25, 0.3) is 11.0 Å². The minimum absolute atomic E-state index is 0.0194. The lowest BCUT2D eigenvalue weighted by Crippen LogP contribution is -2.30. The van der Waals surface area contributed by atoms with Crippen LogP contribution in [-0.2, 0) is 4.79 Å². The molecule has 1 aliphatic rings. The molecule has 0 aliphatic heterocycles. The van der Waals surface area contributed by atoms with Crippen LogP contribution in [0, 0.1) is 6.92 Å². The van der Waals surface area contributed by atoms with Crippen LogP contribution >= 0.6 is 0 Å². The molecule has 1 fully saturated rings. The van der Waals surface area contributed by atoms with Gasteiger partial charge >= 0.3 is 0 Å². The number of carbonyl (C=O) groups is 2. The van der Waals surface area contributed by atoms with E-state index in [0.717, 1.165) is 25.7 Å². The molecule has 0 saturated heterocycles. The topological polar surface area (TPSA) is 110 Å². The minimum atomic E-state index is -0.284. The van der Waals surface area contributed by atoms with E-state index in [0.29, 0.717) is 34.1 Å². The van der Waals surface area contributed by atoms with Gasteiger partial charge in [0, 0.05) is 31.6 Å². The first-order valence-corrected chi connectivity index (χ1v) is 10.7. The summed E-state index contributed by atoms with van der Waals surface area (Å²) in [7, 11) is 1.68. The molecule has 1 amide bonds. The second-order valence-corrected chi connectivity index (χ2v) is 8.21. The highest BCUT2D eigenvalue weighted by Gasteiger charge is 2.25. The Bertz CT molecular complexity index is 1260. The first-order chi connectivity index (χ1) is 15.3. The highest BCUT2D eigenvalue weighted by Crippen LogP contribution is 2.32. The van der Waals surface area contributed by atoms with Gasteiger partial charge in [-0.25, -0.2) is 9.97 Å². The molecule has 1 aliphatic carbocycles. The minimum Gasteiger partial charge on any atom is -0.314 e. The van der Waals surface area contributed by atoms with E-state index in [1.807, 2.05) is 0 Å². The summed E-state index contributed by atoms with van der Waals surface area (Å²) in [5, 5.41) is 3.76. The molecule has 9 heteroatoms. The molecule has 0 aromatic carbocycles. The van der Waals surface area contributed by atoms with Gasteiger partial charge in [0.2, 0.25) is 11.9 Å². The standard InChI is InChI=1S/C23H26N6O3/c1-13-18-12-25-23(26-19-10-9-17(11-24-19)28(4)15(3)31)27-21(18)29(16-7-5-6-8-16)22(32)20(13)14(2)30/h9-12,16H,5-8H2,1-4H3,(H,24,25,26,27). The Morgan fingerprint density at radius 2 is 1.84 bits per heavy atom. The van der Waals surface area contributed by atoms with Crippen molar-refractivity contribution in [3.63, 3.8) is 0 Å². The molecule has 0 atom stereocenters. The molecule has 0 radical (unpaired) electrons. The molecule has 9 nitrogen and oxygen atoms in total. The Balaban J connectivity index is 1.77. The maximum Gasteiger partial charge on any atom is 0.263 e. The van der Waals surface area contributed by atoms with Crippen LogP contribution in [0.5, 0.6) is 0 Å². The molecule has 4 rings (SSSR count). The molecule has 166 valence electrons. The first kappa shape index (κ1) is 21.6. The van der Waals surface area contributed by atoms with Crippen LogP contribution in [0.3, 0.4) is 0 Å². The monoisotopic (exact) mass is 434 g/mol. The Hall–Kier alpha value is -3.62. The van der Waals surface area contributed by atoms with Crippen molar-refractivity contribution in [2.45, 2.75) is 52.5 Å².